The van der Waals surface area contributed by atoms with E-state index in [2.05, 4.69) is 53.1 Å². The summed E-state index contributed by atoms with van der Waals surface area (Å²) < 4.78 is 10.8. The van der Waals surface area contributed by atoms with Crippen LogP contribution in [0.15, 0.2) is 17.1 Å². The van der Waals surface area contributed by atoms with Crippen LogP contribution in [-0.2, 0) is 6.54 Å². The van der Waals surface area contributed by atoms with Crippen LogP contribution in [0.4, 0.5) is 0 Å². The smallest absolute Gasteiger partial charge is 0.193 e. The number of hydrogen-bond acceptors (Lipinski definition) is 5. The summed E-state index contributed by atoms with van der Waals surface area (Å²) >= 11 is 0. The van der Waals surface area contributed by atoms with Crippen molar-refractivity contribution in [3.8, 4) is 11.5 Å². The quantitative estimate of drug-likeness (QED) is 0.595. The Kier molecular flexibility index (Phi) is 7.74. The molecule has 0 saturated carbocycles. The molecule has 1 atom stereocenters. The van der Waals surface area contributed by atoms with Crippen molar-refractivity contribution in [2.45, 2.75) is 19.5 Å². The van der Waals surface area contributed by atoms with Crippen LogP contribution in [0.25, 0.3) is 0 Å². The van der Waals surface area contributed by atoms with Gasteiger partial charge in [0.25, 0.3) is 0 Å². The monoisotopic (exact) mass is 377 g/mol. The molecule has 0 radical (unpaired) electrons. The molecule has 152 valence electrons. The number of aryl methyl sites for hydroxylation is 1. The number of piperazine rings is 1. The van der Waals surface area contributed by atoms with E-state index in [0.717, 1.165) is 50.2 Å². The van der Waals surface area contributed by atoms with Crippen LogP contribution in [0.5, 0.6) is 11.5 Å². The number of benzene rings is 1. The molecule has 0 spiro atoms. The highest BCUT2D eigenvalue weighted by Gasteiger charge is 2.22. The van der Waals surface area contributed by atoms with E-state index in [-0.39, 0.29) is 0 Å². The third-order valence-electron chi connectivity index (χ3n) is 5.30. The molecule has 2 rings (SSSR count). The molecule has 1 saturated heterocycles. The molecule has 1 N–H and O–H groups in total. The Morgan fingerprint density at radius 1 is 1.22 bits per heavy atom. The number of hydrogen-bond donors (Lipinski definition) is 1. The van der Waals surface area contributed by atoms with E-state index in [1.54, 1.807) is 14.2 Å². The van der Waals surface area contributed by atoms with Gasteiger partial charge in [-0.15, -0.1) is 0 Å². The van der Waals surface area contributed by atoms with Gasteiger partial charge in [-0.05, 0) is 44.3 Å². The number of likely N-dealkylation sites (N-methyl/N-ethyl adjacent to an activating group) is 2. The lowest BCUT2D eigenvalue weighted by Crippen LogP contribution is -2.55. The zero-order valence-corrected chi connectivity index (χ0v) is 17.9. The molecule has 0 aliphatic carbocycles. The first-order chi connectivity index (χ1) is 12.9. The highest BCUT2D eigenvalue weighted by atomic mass is 16.5. The molecule has 1 aromatic carbocycles. The second-order valence-electron chi connectivity index (χ2n) is 7.31. The summed E-state index contributed by atoms with van der Waals surface area (Å²) in [6.45, 7) is 7.00. The average Bonchev–Trinajstić information content (AvgIpc) is 2.66. The van der Waals surface area contributed by atoms with Crippen molar-refractivity contribution in [1.29, 1.82) is 0 Å². The number of guanidine groups is 1. The number of nitrogens with zero attached hydrogens (tertiary/aromatic N) is 4. The molecule has 1 unspecified atom stereocenters. The Morgan fingerprint density at radius 3 is 2.52 bits per heavy atom. The number of methoxy groups -OCH3 is 2. The third kappa shape index (κ3) is 5.49. The highest BCUT2D eigenvalue weighted by molar-refractivity contribution is 5.79. The van der Waals surface area contributed by atoms with Crippen LogP contribution < -0.4 is 14.8 Å². The van der Waals surface area contributed by atoms with Gasteiger partial charge in [-0.25, -0.2) is 0 Å². The third-order valence-corrected chi connectivity index (χ3v) is 5.30. The van der Waals surface area contributed by atoms with Gasteiger partial charge in [-0.3, -0.25) is 9.89 Å². The molecular weight excluding hydrogens is 342 g/mol. The van der Waals surface area contributed by atoms with Gasteiger partial charge in [-0.2, -0.15) is 0 Å². The number of aliphatic imine (C=N–C) groups is 1. The molecule has 0 aromatic heterocycles. The fourth-order valence-corrected chi connectivity index (χ4v) is 3.44. The van der Waals surface area contributed by atoms with Crippen LogP contribution >= 0.6 is 0 Å². The van der Waals surface area contributed by atoms with Crippen LogP contribution in [0.2, 0.25) is 0 Å². The zero-order chi connectivity index (χ0) is 20.0. The Hall–Kier alpha value is -1.99. The minimum atomic E-state index is 0.483. The molecule has 1 aliphatic rings. The molecule has 1 heterocycles. The second kappa shape index (κ2) is 9.80. The van der Waals surface area contributed by atoms with Crippen molar-refractivity contribution in [2.24, 2.45) is 4.99 Å². The lowest BCUT2D eigenvalue weighted by atomic mass is 10.1. The van der Waals surface area contributed by atoms with Crippen LogP contribution in [0, 0.1) is 6.92 Å². The summed E-state index contributed by atoms with van der Waals surface area (Å²) in [7, 11) is 11.6. The predicted molar refractivity (Wildman–Crippen MR) is 111 cm³/mol. The lowest BCUT2D eigenvalue weighted by molar-refractivity contribution is 0.116. The molecule has 7 heteroatoms. The molecule has 0 amide bonds. The summed E-state index contributed by atoms with van der Waals surface area (Å²) in [6.07, 6.45) is 0. The van der Waals surface area contributed by atoms with Crippen molar-refractivity contribution < 1.29 is 9.47 Å². The van der Waals surface area contributed by atoms with Crippen molar-refractivity contribution >= 4 is 5.96 Å². The van der Waals surface area contributed by atoms with Crippen molar-refractivity contribution in [3.63, 3.8) is 0 Å². The maximum absolute atomic E-state index is 5.45. The predicted octanol–water partition coefficient (Wildman–Crippen LogP) is 1.27. The molecule has 1 aromatic rings. The standard InChI is InChI=1S/C20H35N5O2/c1-15-10-18(26-6)19(27-7)11-16(15)13-25(5)20(21-2)22-12-17-14-23(3)8-9-24(17)4/h10-11,17H,8-9,12-14H2,1-7H3,(H,21,22). The first-order valence-corrected chi connectivity index (χ1v) is 9.41. The van der Waals surface area contributed by atoms with Gasteiger partial charge in [-0.1, -0.05) is 0 Å². The van der Waals surface area contributed by atoms with Crippen LogP contribution in [0.1, 0.15) is 11.1 Å². The first kappa shape index (κ1) is 21.3. The molecule has 27 heavy (non-hydrogen) atoms. The average molecular weight is 378 g/mol. The van der Waals surface area contributed by atoms with Crippen molar-refractivity contribution in [3.05, 3.63) is 23.3 Å². The van der Waals surface area contributed by atoms with E-state index in [1.165, 1.54) is 11.1 Å². The molecule has 1 aliphatic heterocycles. The van der Waals surface area contributed by atoms with E-state index >= 15 is 0 Å². The van der Waals surface area contributed by atoms with Crippen molar-refractivity contribution in [2.75, 3.05) is 68.6 Å². The Labute approximate surface area is 163 Å². The molecule has 1 fully saturated rings. The highest BCUT2D eigenvalue weighted by Crippen LogP contribution is 2.30. The topological polar surface area (TPSA) is 52.6 Å². The minimum Gasteiger partial charge on any atom is -0.493 e. The van der Waals surface area contributed by atoms with Crippen molar-refractivity contribution in [1.82, 2.24) is 20.0 Å². The number of nitrogens with one attached hydrogen (secondary N) is 1. The van der Waals surface area contributed by atoms with E-state index in [1.807, 2.05) is 19.2 Å². The maximum Gasteiger partial charge on any atom is 0.193 e. The van der Waals surface area contributed by atoms with Gasteiger partial charge in [0.1, 0.15) is 0 Å². The zero-order valence-electron chi connectivity index (χ0n) is 17.9. The van der Waals surface area contributed by atoms with E-state index in [4.69, 9.17) is 9.47 Å². The lowest BCUT2D eigenvalue weighted by Gasteiger charge is -2.38. The van der Waals surface area contributed by atoms with Gasteiger partial charge in [0.15, 0.2) is 17.5 Å². The summed E-state index contributed by atoms with van der Waals surface area (Å²) in [5.41, 5.74) is 2.36. The van der Waals surface area contributed by atoms with Gasteiger partial charge in [0.2, 0.25) is 0 Å². The van der Waals surface area contributed by atoms with Gasteiger partial charge < -0.3 is 24.6 Å². The normalized spacial score (nSPS) is 19.1. The summed E-state index contributed by atoms with van der Waals surface area (Å²) in [5, 5.41) is 3.53. The van der Waals surface area contributed by atoms with E-state index in [0.29, 0.717) is 6.04 Å². The largest absolute Gasteiger partial charge is 0.493 e. The molecule has 0 bridgehead atoms. The van der Waals surface area contributed by atoms with Gasteiger partial charge in [0.05, 0.1) is 14.2 Å². The number of rotatable bonds is 6. The fourth-order valence-electron chi connectivity index (χ4n) is 3.44. The van der Waals surface area contributed by atoms with Gasteiger partial charge in [0, 0.05) is 52.9 Å². The number of ether oxygens (including phenoxy) is 2. The Morgan fingerprint density at radius 2 is 1.89 bits per heavy atom. The Balaban J connectivity index is 2.02. The van der Waals surface area contributed by atoms with Gasteiger partial charge >= 0.3 is 0 Å². The minimum absolute atomic E-state index is 0.483. The SMILES string of the molecule is CN=C(NCC1CN(C)CCN1C)N(C)Cc1cc(OC)c(OC)cc1C. The van der Waals surface area contributed by atoms with Crippen LogP contribution in [0.3, 0.4) is 0 Å². The summed E-state index contributed by atoms with van der Waals surface area (Å²) in [6, 6.07) is 4.55. The summed E-state index contributed by atoms with van der Waals surface area (Å²) in [4.78, 5) is 11.4. The van der Waals surface area contributed by atoms with E-state index in [9.17, 15) is 0 Å². The second-order valence-corrected chi connectivity index (χ2v) is 7.31. The van der Waals surface area contributed by atoms with Crippen LogP contribution in [-0.4, -0.2) is 95.3 Å². The Bertz CT molecular complexity index is 650. The van der Waals surface area contributed by atoms with E-state index < -0.39 is 0 Å². The fraction of sp³-hybridized carbons (Fsp3) is 0.650. The maximum atomic E-state index is 5.45. The first-order valence-electron chi connectivity index (χ1n) is 9.41. The summed E-state index contributed by atoms with van der Waals surface area (Å²) in [5.74, 6) is 2.40. The molecular formula is C20H35N5O2. The molecule has 7 nitrogen and oxygen atoms in total.